The Kier molecular flexibility index (Phi) is 4.05. The number of nitrogens with zero attached hydrogens (tertiary/aromatic N) is 3. The van der Waals surface area contributed by atoms with Crippen molar-refractivity contribution in [2.24, 2.45) is 5.41 Å². The van der Waals surface area contributed by atoms with E-state index >= 15 is 0 Å². The molecule has 0 aliphatic carbocycles. The van der Waals surface area contributed by atoms with Crippen LogP contribution in [0, 0.1) is 5.41 Å². The van der Waals surface area contributed by atoms with E-state index in [4.69, 9.17) is 0 Å². The van der Waals surface area contributed by atoms with Gasteiger partial charge in [0.15, 0.2) is 11.5 Å². The average Bonchev–Trinajstić information content (AvgIpc) is 2.55. The highest BCUT2D eigenvalue weighted by molar-refractivity contribution is 5.91. The molecule has 2 aliphatic heterocycles. The fourth-order valence-corrected chi connectivity index (χ4v) is 3.53. The van der Waals surface area contributed by atoms with Crippen LogP contribution in [0.3, 0.4) is 0 Å². The van der Waals surface area contributed by atoms with Crippen LogP contribution in [0.25, 0.3) is 0 Å². The van der Waals surface area contributed by atoms with Crippen molar-refractivity contribution in [2.45, 2.75) is 25.7 Å². The van der Waals surface area contributed by atoms with Gasteiger partial charge in [0, 0.05) is 32.1 Å². The molecule has 0 radical (unpaired) electrons. The Balaban J connectivity index is 1.72. The third kappa shape index (κ3) is 3.00. The van der Waals surface area contributed by atoms with E-state index in [1.165, 1.54) is 25.7 Å². The molecule has 114 valence electrons. The molecule has 1 aromatic rings. The first-order valence-electron chi connectivity index (χ1n) is 7.74. The molecule has 2 saturated heterocycles. The predicted octanol–water partition coefficient (Wildman–Crippen LogP) is 0.806. The minimum atomic E-state index is -0.194. The van der Waals surface area contributed by atoms with Gasteiger partial charge in [-0.2, -0.15) is 0 Å². The van der Waals surface area contributed by atoms with Crippen LogP contribution in [-0.2, 0) is 0 Å². The minimum Gasteiger partial charge on any atom is -0.355 e. The van der Waals surface area contributed by atoms with Gasteiger partial charge in [0.05, 0.1) is 0 Å². The van der Waals surface area contributed by atoms with Crippen LogP contribution in [-0.4, -0.2) is 49.3 Å². The number of anilines is 1. The highest BCUT2D eigenvalue weighted by Gasteiger charge is 2.36. The van der Waals surface area contributed by atoms with Gasteiger partial charge in [-0.15, -0.1) is 10.2 Å². The number of carbonyl (C=O) groups excluding carboxylic acids is 1. The highest BCUT2D eigenvalue weighted by Crippen LogP contribution is 2.37. The fourth-order valence-electron chi connectivity index (χ4n) is 3.53. The van der Waals surface area contributed by atoms with Crippen molar-refractivity contribution in [3.8, 4) is 0 Å². The van der Waals surface area contributed by atoms with Gasteiger partial charge in [-0.25, -0.2) is 0 Å². The normalized spacial score (nSPS) is 25.9. The monoisotopic (exact) mass is 289 g/mol. The number of hydrogen-bond donors (Lipinski definition) is 2. The van der Waals surface area contributed by atoms with Crippen LogP contribution in [0.1, 0.15) is 36.2 Å². The first-order valence-corrected chi connectivity index (χ1v) is 7.74. The lowest BCUT2D eigenvalue weighted by Crippen LogP contribution is -2.51. The molecule has 6 nitrogen and oxygen atoms in total. The lowest BCUT2D eigenvalue weighted by molar-refractivity contribution is 0.0957. The largest absolute Gasteiger partial charge is 0.355 e. The molecule has 1 aromatic heterocycles. The van der Waals surface area contributed by atoms with Crippen molar-refractivity contribution in [1.29, 1.82) is 0 Å². The molecule has 6 heteroatoms. The summed E-state index contributed by atoms with van der Waals surface area (Å²) in [5.41, 5.74) is 0.754. The molecular formula is C15H23N5O. The Labute approximate surface area is 125 Å². The number of amides is 1. The summed E-state index contributed by atoms with van der Waals surface area (Å²) in [5.74, 6) is 0.688. The minimum absolute atomic E-state index is 0.194. The van der Waals surface area contributed by atoms with Crippen LogP contribution < -0.4 is 15.5 Å². The van der Waals surface area contributed by atoms with Gasteiger partial charge in [0.2, 0.25) is 0 Å². The molecule has 1 atom stereocenters. The second-order valence-electron chi connectivity index (χ2n) is 6.16. The maximum absolute atomic E-state index is 11.5. The third-order valence-electron chi connectivity index (χ3n) is 4.66. The molecule has 1 amide bonds. The first-order chi connectivity index (χ1) is 10.2. The molecule has 0 bridgehead atoms. The summed E-state index contributed by atoms with van der Waals surface area (Å²) in [4.78, 5) is 13.8. The van der Waals surface area contributed by atoms with Gasteiger partial charge >= 0.3 is 0 Å². The second kappa shape index (κ2) is 5.97. The maximum Gasteiger partial charge on any atom is 0.271 e. The summed E-state index contributed by atoms with van der Waals surface area (Å²) in [6, 6.07) is 3.66. The zero-order chi connectivity index (χ0) is 14.7. The van der Waals surface area contributed by atoms with Crippen LogP contribution in [0.2, 0.25) is 0 Å². The van der Waals surface area contributed by atoms with Gasteiger partial charge in [-0.1, -0.05) is 0 Å². The molecule has 21 heavy (non-hydrogen) atoms. The Morgan fingerprint density at radius 3 is 2.86 bits per heavy atom. The van der Waals surface area contributed by atoms with E-state index in [1.54, 1.807) is 13.1 Å². The molecule has 2 N–H and O–H groups in total. The van der Waals surface area contributed by atoms with E-state index in [0.29, 0.717) is 11.1 Å². The van der Waals surface area contributed by atoms with Gasteiger partial charge in [-0.3, -0.25) is 4.79 Å². The Morgan fingerprint density at radius 1 is 1.33 bits per heavy atom. The van der Waals surface area contributed by atoms with Crippen molar-refractivity contribution in [3.05, 3.63) is 17.8 Å². The Morgan fingerprint density at radius 2 is 2.19 bits per heavy atom. The van der Waals surface area contributed by atoms with Crippen LogP contribution in [0.5, 0.6) is 0 Å². The third-order valence-corrected chi connectivity index (χ3v) is 4.66. The summed E-state index contributed by atoms with van der Waals surface area (Å²) < 4.78 is 0. The van der Waals surface area contributed by atoms with E-state index in [0.717, 1.165) is 32.0 Å². The van der Waals surface area contributed by atoms with E-state index in [9.17, 15) is 4.79 Å². The maximum atomic E-state index is 11.5. The topological polar surface area (TPSA) is 70.2 Å². The van der Waals surface area contributed by atoms with Crippen molar-refractivity contribution >= 4 is 11.7 Å². The molecule has 2 aliphatic rings. The van der Waals surface area contributed by atoms with Crippen molar-refractivity contribution in [3.63, 3.8) is 0 Å². The smallest absolute Gasteiger partial charge is 0.271 e. The molecule has 0 saturated carbocycles. The van der Waals surface area contributed by atoms with Gasteiger partial charge in [0.25, 0.3) is 5.91 Å². The summed E-state index contributed by atoms with van der Waals surface area (Å²) in [7, 11) is 1.60. The summed E-state index contributed by atoms with van der Waals surface area (Å²) in [5, 5.41) is 14.4. The van der Waals surface area contributed by atoms with E-state index in [1.807, 2.05) is 6.07 Å². The number of nitrogens with one attached hydrogen (secondary N) is 2. The van der Waals surface area contributed by atoms with Gasteiger partial charge in [-0.05, 0) is 44.4 Å². The van der Waals surface area contributed by atoms with E-state index in [2.05, 4.69) is 25.7 Å². The van der Waals surface area contributed by atoms with Crippen LogP contribution in [0.15, 0.2) is 12.1 Å². The number of carbonyl (C=O) groups is 1. The summed E-state index contributed by atoms with van der Waals surface area (Å²) in [6.07, 6.45) is 5.04. The summed E-state index contributed by atoms with van der Waals surface area (Å²) >= 11 is 0. The van der Waals surface area contributed by atoms with Gasteiger partial charge < -0.3 is 15.5 Å². The standard InChI is InChI=1S/C15H23N5O/c1-16-14(21)12-4-5-13(19-18-12)20-9-3-7-15(11-20)6-2-8-17-10-15/h4-5,17H,2-3,6-11H2,1H3,(H,16,21). The van der Waals surface area contributed by atoms with Crippen molar-refractivity contribution in [2.75, 3.05) is 38.1 Å². The number of aromatic nitrogens is 2. The van der Waals surface area contributed by atoms with Gasteiger partial charge in [0.1, 0.15) is 0 Å². The molecular weight excluding hydrogens is 266 g/mol. The van der Waals surface area contributed by atoms with Crippen molar-refractivity contribution < 1.29 is 4.79 Å². The molecule has 1 unspecified atom stereocenters. The highest BCUT2D eigenvalue weighted by atomic mass is 16.1. The molecule has 3 heterocycles. The Hall–Kier alpha value is -1.69. The lowest BCUT2D eigenvalue weighted by atomic mass is 9.74. The van der Waals surface area contributed by atoms with E-state index < -0.39 is 0 Å². The SMILES string of the molecule is CNC(=O)c1ccc(N2CCCC3(CCCNC3)C2)nn1. The zero-order valence-corrected chi connectivity index (χ0v) is 12.6. The number of hydrogen-bond acceptors (Lipinski definition) is 5. The fraction of sp³-hybridized carbons (Fsp3) is 0.667. The number of rotatable bonds is 2. The first kappa shape index (κ1) is 14.3. The average molecular weight is 289 g/mol. The van der Waals surface area contributed by atoms with Crippen molar-refractivity contribution in [1.82, 2.24) is 20.8 Å². The van der Waals surface area contributed by atoms with Crippen LogP contribution >= 0.6 is 0 Å². The van der Waals surface area contributed by atoms with E-state index in [-0.39, 0.29) is 5.91 Å². The molecule has 0 aromatic carbocycles. The lowest BCUT2D eigenvalue weighted by Gasteiger charge is -2.45. The quantitative estimate of drug-likeness (QED) is 0.843. The molecule has 1 spiro atoms. The number of piperidine rings is 2. The molecule has 2 fully saturated rings. The summed E-state index contributed by atoms with van der Waals surface area (Å²) in [6.45, 7) is 4.30. The second-order valence-corrected chi connectivity index (χ2v) is 6.16. The predicted molar refractivity (Wildman–Crippen MR) is 81.4 cm³/mol. The van der Waals surface area contributed by atoms with Crippen LogP contribution in [0.4, 0.5) is 5.82 Å². The molecule has 3 rings (SSSR count). The Bertz CT molecular complexity index is 490. The zero-order valence-electron chi connectivity index (χ0n) is 12.6.